The fourth-order valence-corrected chi connectivity index (χ4v) is 4.26. The number of hydrogen-bond acceptors (Lipinski definition) is 9. The average molecular weight is 514 g/mol. The van der Waals surface area contributed by atoms with E-state index in [1.54, 1.807) is 12.1 Å². The number of benzene rings is 3. The van der Waals surface area contributed by atoms with Gasteiger partial charge in [0.2, 0.25) is 0 Å². The van der Waals surface area contributed by atoms with Crippen molar-refractivity contribution in [3.8, 4) is 0 Å². The number of para-hydroxylation sites is 1. The minimum absolute atomic E-state index is 0.0220. The number of aliphatic hydroxyl groups is 1. The molecule has 0 heterocycles. The van der Waals surface area contributed by atoms with E-state index in [1.807, 2.05) is 24.1 Å². The summed E-state index contributed by atoms with van der Waals surface area (Å²) in [7, 11) is -2.49. The third-order valence-electron chi connectivity index (χ3n) is 5.05. The summed E-state index contributed by atoms with van der Waals surface area (Å²) in [5, 5.41) is 33.9. The number of sulfonamides is 1. The molecule has 0 fully saturated rings. The van der Waals surface area contributed by atoms with Crippen LogP contribution in [0.4, 0.5) is 22.7 Å². The molecule has 3 aromatic carbocycles. The third-order valence-corrected chi connectivity index (χ3v) is 6.41. The SMILES string of the molecule is CN(CCO)c1ccc(/C=N/Nc2ccc(S(=O)(=O)Nc3ccccc3C(=O)O)cc2[N+](=O)[O-])cc1. The monoisotopic (exact) mass is 513 g/mol. The highest BCUT2D eigenvalue weighted by Crippen LogP contribution is 2.29. The fourth-order valence-electron chi connectivity index (χ4n) is 3.16. The van der Waals surface area contributed by atoms with Crippen molar-refractivity contribution < 1.29 is 28.3 Å². The van der Waals surface area contributed by atoms with Crippen molar-refractivity contribution in [2.24, 2.45) is 5.10 Å². The number of hydrazone groups is 1. The van der Waals surface area contributed by atoms with Crippen LogP contribution in [0, 0.1) is 10.1 Å². The van der Waals surface area contributed by atoms with Crippen LogP contribution in [-0.4, -0.2) is 55.9 Å². The molecular formula is C23H23N5O7S. The van der Waals surface area contributed by atoms with Gasteiger partial charge < -0.3 is 15.1 Å². The maximum Gasteiger partial charge on any atom is 0.337 e. The van der Waals surface area contributed by atoms with Crippen LogP contribution in [0.2, 0.25) is 0 Å². The van der Waals surface area contributed by atoms with Crippen LogP contribution in [0.3, 0.4) is 0 Å². The van der Waals surface area contributed by atoms with Crippen LogP contribution in [0.5, 0.6) is 0 Å². The van der Waals surface area contributed by atoms with Crippen LogP contribution >= 0.6 is 0 Å². The lowest BCUT2D eigenvalue weighted by atomic mass is 10.2. The summed E-state index contributed by atoms with van der Waals surface area (Å²) in [6, 6.07) is 15.8. The zero-order valence-electron chi connectivity index (χ0n) is 19.0. The smallest absolute Gasteiger partial charge is 0.337 e. The van der Waals surface area contributed by atoms with E-state index in [9.17, 15) is 28.4 Å². The predicted octanol–water partition coefficient (Wildman–Crippen LogP) is 2.97. The number of nitrogens with zero attached hydrogens (tertiary/aromatic N) is 3. The molecule has 0 saturated heterocycles. The van der Waals surface area contributed by atoms with E-state index in [-0.39, 0.29) is 23.5 Å². The number of carboxylic acid groups (broad SMARTS) is 1. The van der Waals surface area contributed by atoms with Crippen LogP contribution in [-0.2, 0) is 10.0 Å². The van der Waals surface area contributed by atoms with Crippen molar-refractivity contribution in [2.75, 3.05) is 35.2 Å². The summed E-state index contributed by atoms with van der Waals surface area (Å²) < 4.78 is 27.7. The molecule has 12 nitrogen and oxygen atoms in total. The molecule has 36 heavy (non-hydrogen) atoms. The van der Waals surface area contributed by atoms with E-state index in [0.717, 1.165) is 17.8 Å². The highest BCUT2D eigenvalue weighted by Gasteiger charge is 2.23. The van der Waals surface area contributed by atoms with Gasteiger partial charge in [0.25, 0.3) is 15.7 Å². The van der Waals surface area contributed by atoms with Gasteiger partial charge in [-0.15, -0.1) is 0 Å². The Balaban J connectivity index is 1.79. The molecule has 0 aliphatic rings. The first-order valence-corrected chi connectivity index (χ1v) is 12.0. The number of anilines is 3. The van der Waals surface area contributed by atoms with Gasteiger partial charge in [0, 0.05) is 25.3 Å². The van der Waals surface area contributed by atoms with Crippen molar-refractivity contribution in [1.82, 2.24) is 0 Å². The summed E-state index contributed by atoms with van der Waals surface area (Å²) in [5.74, 6) is -1.33. The zero-order valence-corrected chi connectivity index (χ0v) is 19.8. The van der Waals surface area contributed by atoms with Crippen molar-refractivity contribution in [2.45, 2.75) is 4.90 Å². The van der Waals surface area contributed by atoms with Crippen LogP contribution in [0.15, 0.2) is 76.7 Å². The lowest BCUT2D eigenvalue weighted by molar-refractivity contribution is -0.384. The minimum atomic E-state index is -4.32. The Morgan fingerprint density at radius 2 is 1.81 bits per heavy atom. The summed E-state index contributed by atoms with van der Waals surface area (Å²) in [6.07, 6.45) is 1.44. The van der Waals surface area contributed by atoms with Gasteiger partial charge in [0.1, 0.15) is 5.69 Å². The van der Waals surface area contributed by atoms with E-state index in [1.165, 1.54) is 36.5 Å². The molecule has 0 atom stereocenters. The number of carboxylic acids is 1. The first-order valence-electron chi connectivity index (χ1n) is 10.5. The van der Waals surface area contributed by atoms with Crippen molar-refractivity contribution >= 4 is 45.0 Å². The molecular weight excluding hydrogens is 490 g/mol. The molecule has 0 spiro atoms. The summed E-state index contributed by atoms with van der Waals surface area (Å²) in [5.41, 5.74) is 3.11. The average Bonchev–Trinajstić information content (AvgIpc) is 2.84. The first kappa shape index (κ1) is 26.1. The molecule has 0 aliphatic carbocycles. The second-order valence-corrected chi connectivity index (χ2v) is 9.18. The topological polar surface area (TPSA) is 174 Å². The number of rotatable bonds is 11. The summed E-state index contributed by atoms with van der Waals surface area (Å²) >= 11 is 0. The van der Waals surface area contributed by atoms with E-state index in [2.05, 4.69) is 15.2 Å². The summed E-state index contributed by atoms with van der Waals surface area (Å²) in [4.78, 5) is 23.6. The maximum absolute atomic E-state index is 12.8. The lowest BCUT2D eigenvalue weighted by Crippen LogP contribution is -2.20. The van der Waals surface area contributed by atoms with Crippen LogP contribution in [0.1, 0.15) is 15.9 Å². The Kier molecular flexibility index (Phi) is 8.19. The summed E-state index contributed by atoms with van der Waals surface area (Å²) in [6.45, 7) is 0.500. The number of likely N-dealkylation sites (N-methyl/N-ethyl adjacent to an activating group) is 1. The predicted molar refractivity (Wildman–Crippen MR) is 135 cm³/mol. The molecule has 0 radical (unpaired) electrons. The van der Waals surface area contributed by atoms with Crippen molar-refractivity contribution in [3.63, 3.8) is 0 Å². The molecule has 0 unspecified atom stereocenters. The second kappa shape index (κ2) is 11.3. The van der Waals surface area contributed by atoms with Gasteiger partial charge in [0.15, 0.2) is 0 Å². The molecule has 188 valence electrons. The molecule has 0 aromatic heterocycles. The third kappa shape index (κ3) is 6.34. The largest absolute Gasteiger partial charge is 0.478 e. The van der Waals surface area contributed by atoms with Crippen LogP contribution in [0.25, 0.3) is 0 Å². The van der Waals surface area contributed by atoms with Gasteiger partial charge in [0.05, 0.1) is 33.9 Å². The highest BCUT2D eigenvalue weighted by atomic mass is 32.2. The van der Waals surface area contributed by atoms with Gasteiger partial charge in [-0.2, -0.15) is 5.10 Å². The molecule has 4 N–H and O–H groups in total. The Morgan fingerprint density at radius 3 is 2.44 bits per heavy atom. The Hall–Kier alpha value is -4.49. The number of nitrogens with one attached hydrogen (secondary N) is 2. The van der Waals surface area contributed by atoms with Gasteiger partial charge in [-0.1, -0.05) is 24.3 Å². The van der Waals surface area contributed by atoms with E-state index in [4.69, 9.17) is 5.11 Å². The van der Waals surface area contributed by atoms with Crippen LogP contribution < -0.4 is 15.0 Å². The van der Waals surface area contributed by atoms with E-state index < -0.39 is 31.5 Å². The molecule has 13 heteroatoms. The normalized spacial score (nSPS) is 11.3. The number of nitro benzene ring substituents is 1. The molecule has 0 bridgehead atoms. The van der Waals surface area contributed by atoms with Gasteiger partial charge >= 0.3 is 5.97 Å². The van der Waals surface area contributed by atoms with Crippen molar-refractivity contribution in [1.29, 1.82) is 0 Å². The number of hydrogen-bond donors (Lipinski definition) is 4. The fraction of sp³-hybridized carbons (Fsp3) is 0.130. The Morgan fingerprint density at radius 1 is 1.11 bits per heavy atom. The number of nitro groups is 1. The zero-order chi connectivity index (χ0) is 26.3. The quantitative estimate of drug-likeness (QED) is 0.171. The van der Waals surface area contributed by atoms with Gasteiger partial charge in [-0.3, -0.25) is 20.3 Å². The number of carbonyl (C=O) groups is 1. The number of aliphatic hydroxyl groups excluding tert-OH is 1. The highest BCUT2D eigenvalue weighted by molar-refractivity contribution is 7.92. The van der Waals surface area contributed by atoms with Crippen molar-refractivity contribution in [3.05, 3.63) is 88.0 Å². The minimum Gasteiger partial charge on any atom is -0.478 e. The molecule has 3 rings (SSSR count). The first-order chi connectivity index (χ1) is 17.1. The Bertz CT molecular complexity index is 1390. The standard InChI is InChI=1S/C23H23N5O7S/c1-27(12-13-29)17-8-6-16(7-9-17)15-24-25-21-11-10-18(14-22(21)28(32)33)36(34,35)26-20-5-3-2-4-19(20)23(30)31/h2-11,14-15,25-26,29H,12-13H2,1H3,(H,30,31)/b24-15+. The second-order valence-electron chi connectivity index (χ2n) is 7.50. The Labute approximate surface area is 206 Å². The van der Waals surface area contributed by atoms with Gasteiger partial charge in [-0.05, 0) is 42.0 Å². The molecule has 0 amide bonds. The maximum atomic E-state index is 12.8. The van der Waals surface area contributed by atoms with Gasteiger partial charge in [-0.25, -0.2) is 13.2 Å². The molecule has 0 aliphatic heterocycles. The molecule has 3 aromatic rings. The molecule has 0 saturated carbocycles. The lowest BCUT2D eigenvalue weighted by Gasteiger charge is -2.17. The number of aromatic carboxylic acids is 1. The van der Waals surface area contributed by atoms with E-state index in [0.29, 0.717) is 12.1 Å². The van der Waals surface area contributed by atoms with E-state index >= 15 is 0 Å².